The monoisotopic (exact) mass is 155 g/mol. The van der Waals surface area contributed by atoms with Crippen molar-refractivity contribution in [3.63, 3.8) is 0 Å². The topological polar surface area (TPSA) is 48.2 Å². The highest BCUT2D eigenvalue weighted by Crippen LogP contribution is 2.15. The summed E-state index contributed by atoms with van der Waals surface area (Å²) in [5.74, 6) is 0. The second-order valence-corrected chi connectivity index (χ2v) is 2.49. The molecule has 3 heteroatoms. The summed E-state index contributed by atoms with van der Waals surface area (Å²) in [5, 5.41) is 10.0. The Hall–Kier alpha value is -0.660. The fourth-order valence-electron chi connectivity index (χ4n) is 1.13. The highest BCUT2D eigenvalue weighted by molar-refractivity contribution is 5.37. The van der Waals surface area contributed by atoms with Gasteiger partial charge in [-0.3, -0.25) is 5.32 Å². The van der Waals surface area contributed by atoms with Crippen molar-refractivity contribution in [2.45, 2.75) is 39.3 Å². The Bertz CT molecular complexity index is 143. The van der Waals surface area contributed by atoms with Crippen LogP contribution in [0, 0.1) is 5.41 Å². The summed E-state index contributed by atoms with van der Waals surface area (Å²) in [7, 11) is 0. The van der Waals surface area contributed by atoms with Crippen LogP contribution < -0.4 is 5.32 Å². The smallest absolute Gasteiger partial charge is 0.121 e. The lowest BCUT2D eigenvalue weighted by Crippen LogP contribution is -2.42. The van der Waals surface area contributed by atoms with E-state index in [-0.39, 0.29) is 5.66 Å². The molecule has 2 N–H and O–H groups in total. The van der Waals surface area contributed by atoms with E-state index in [2.05, 4.69) is 30.2 Å². The Labute approximate surface area is 68.4 Å². The van der Waals surface area contributed by atoms with Gasteiger partial charge in [-0.2, -0.15) is 0 Å². The molecule has 0 aromatic carbocycles. The fourth-order valence-corrected chi connectivity index (χ4v) is 1.13. The lowest BCUT2D eigenvalue weighted by molar-refractivity contribution is 0.324. The van der Waals surface area contributed by atoms with Gasteiger partial charge >= 0.3 is 0 Å². The minimum Gasteiger partial charge on any atom is -0.293 e. The predicted molar refractivity (Wildman–Crippen MR) is 47.1 cm³/mol. The molecule has 0 aliphatic rings. The predicted octanol–water partition coefficient (Wildman–Crippen LogP) is 1.86. The van der Waals surface area contributed by atoms with Gasteiger partial charge in [0.1, 0.15) is 5.66 Å². The third kappa shape index (κ3) is 2.83. The standard InChI is InChI=1S/C8H17N3/c1-4-8(5-2,10-6-3)11-7-9/h9-10H,4-6H2,1-3H3. The van der Waals surface area contributed by atoms with E-state index >= 15 is 0 Å². The molecule has 0 amide bonds. The average molecular weight is 155 g/mol. The van der Waals surface area contributed by atoms with Crippen molar-refractivity contribution in [3.05, 3.63) is 0 Å². The average Bonchev–Trinajstić information content (AvgIpc) is 2.04. The first-order valence-electron chi connectivity index (χ1n) is 4.13. The van der Waals surface area contributed by atoms with Crippen molar-refractivity contribution in [2.75, 3.05) is 6.54 Å². The lowest BCUT2D eigenvalue weighted by Gasteiger charge is -2.26. The van der Waals surface area contributed by atoms with Gasteiger partial charge in [0.25, 0.3) is 0 Å². The molecular weight excluding hydrogens is 138 g/mol. The molecular formula is C8H17N3. The van der Waals surface area contributed by atoms with Crippen molar-refractivity contribution in [1.29, 1.82) is 5.41 Å². The molecule has 0 aliphatic heterocycles. The Morgan fingerprint density at radius 3 is 2.18 bits per heavy atom. The summed E-state index contributed by atoms with van der Waals surface area (Å²) in [6.07, 6.45) is 1.81. The Kier molecular flexibility index (Phi) is 4.75. The first kappa shape index (κ1) is 10.3. The van der Waals surface area contributed by atoms with Crippen LogP contribution in [-0.4, -0.2) is 18.2 Å². The molecule has 0 atom stereocenters. The normalized spacial score (nSPS) is 10.8. The van der Waals surface area contributed by atoms with Crippen LogP contribution in [0.4, 0.5) is 0 Å². The van der Waals surface area contributed by atoms with E-state index in [1.54, 1.807) is 0 Å². The van der Waals surface area contributed by atoms with Crippen LogP contribution in [-0.2, 0) is 0 Å². The van der Waals surface area contributed by atoms with Gasteiger partial charge in [0.15, 0.2) is 0 Å². The van der Waals surface area contributed by atoms with Crippen LogP contribution in [0.3, 0.4) is 0 Å². The van der Waals surface area contributed by atoms with E-state index in [4.69, 9.17) is 5.41 Å². The molecule has 0 aromatic heterocycles. The number of hydrogen-bond donors (Lipinski definition) is 2. The first-order valence-corrected chi connectivity index (χ1v) is 4.13. The summed E-state index contributed by atoms with van der Waals surface area (Å²) in [4.78, 5) is 3.99. The fraction of sp³-hybridized carbons (Fsp3) is 0.875. The van der Waals surface area contributed by atoms with E-state index in [0.717, 1.165) is 19.4 Å². The Morgan fingerprint density at radius 1 is 1.36 bits per heavy atom. The van der Waals surface area contributed by atoms with Crippen molar-refractivity contribution in [1.82, 2.24) is 5.32 Å². The Balaban J connectivity index is 4.31. The van der Waals surface area contributed by atoms with Crippen LogP contribution in [0.15, 0.2) is 4.99 Å². The summed E-state index contributed by atoms with van der Waals surface area (Å²) in [6.45, 7) is 7.05. The molecule has 64 valence electrons. The molecule has 3 nitrogen and oxygen atoms in total. The third-order valence-corrected chi connectivity index (χ3v) is 1.95. The number of hydrogen-bond acceptors (Lipinski definition) is 3. The van der Waals surface area contributed by atoms with Crippen LogP contribution >= 0.6 is 0 Å². The van der Waals surface area contributed by atoms with Crippen molar-refractivity contribution in [3.8, 4) is 0 Å². The maximum absolute atomic E-state index is 6.79. The van der Waals surface area contributed by atoms with Gasteiger partial charge in [-0.25, -0.2) is 10.4 Å². The van der Waals surface area contributed by atoms with Crippen molar-refractivity contribution in [2.24, 2.45) is 4.99 Å². The van der Waals surface area contributed by atoms with E-state index in [1.807, 2.05) is 6.92 Å². The zero-order chi connectivity index (χ0) is 8.74. The van der Waals surface area contributed by atoms with Crippen LogP contribution in [0.5, 0.6) is 0 Å². The van der Waals surface area contributed by atoms with Crippen LogP contribution in [0.25, 0.3) is 0 Å². The van der Waals surface area contributed by atoms with E-state index in [0.29, 0.717) is 0 Å². The summed E-state index contributed by atoms with van der Waals surface area (Å²) in [5.41, 5.74) is -0.240. The molecule has 0 saturated carbocycles. The molecule has 0 spiro atoms. The van der Waals surface area contributed by atoms with Gasteiger partial charge in [-0.1, -0.05) is 20.8 Å². The quantitative estimate of drug-likeness (QED) is 0.585. The second kappa shape index (κ2) is 5.05. The zero-order valence-corrected chi connectivity index (χ0v) is 7.57. The van der Waals surface area contributed by atoms with Gasteiger partial charge in [0, 0.05) is 0 Å². The van der Waals surface area contributed by atoms with Crippen molar-refractivity contribution < 1.29 is 0 Å². The van der Waals surface area contributed by atoms with E-state index < -0.39 is 0 Å². The maximum Gasteiger partial charge on any atom is 0.121 e. The largest absolute Gasteiger partial charge is 0.293 e. The molecule has 0 fully saturated rings. The van der Waals surface area contributed by atoms with Crippen LogP contribution in [0.1, 0.15) is 33.6 Å². The van der Waals surface area contributed by atoms with Crippen molar-refractivity contribution >= 4 is 6.01 Å². The van der Waals surface area contributed by atoms with Crippen LogP contribution in [0.2, 0.25) is 0 Å². The van der Waals surface area contributed by atoms with Gasteiger partial charge < -0.3 is 0 Å². The van der Waals surface area contributed by atoms with E-state index in [9.17, 15) is 0 Å². The van der Waals surface area contributed by atoms with E-state index in [1.165, 1.54) is 0 Å². The second-order valence-electron chi connectivity index (χ2n) is 2.49. The highest BCUT2D eigenvalue weighted by atomic mass is 15.1. The summed E-state index contributed by atoms with van der Waals surface area (Å²) >= 11 is 0. The maximum atomic E-state index is 6.79. The third-order valence-electron chi connectivity index (χ3n) is 1.95. The van der Waals surface area contributed by atoms with Gasteiger partial charge in [0.2, 0.25) is 0 Å². The molecule has 0 radical (unpaired) electrons. The highest BCUT2D eigenvalue weighted by Gasteiger charge is 2.22. The SMILES string of the molecule is CCNC(CC)(CC)N=C=N. The number of rotatable bonds is 5. The summed E-state index contributed by atoms with van der Waals surface area (Å²) in [6, 6.07) is 2.11. The zero-order valence-electron chi connectivity index (χ0n) is 7.57. The first-order chi connectivity index (χ1) is 5.24. The summed E-state index contributed by atoms with van der Waals surface area (Å²) < 4.78 is 0. The number of nitrogens with one attached hydrogen (secondary N) is 2. The molecule has 0 rings (SSSR count). The molecule has 0 bridgehead atoms. The Morgan fingerprint density at radius 2 is 1.91 bits per heavy atom. The minimum atomic E-state index is -0.240. The van der Waals surface area contributed by atoms with Gasteiger partial charge in [0.05, 0.1) is 6.01 Å². The number of nitrogens with zero attached hydrogens (tertiary/aromatic N) is 1. The molecule has 0 heterocycles. The molecule has 0 saturated heterocycles. The molecule has 0 aromatic rings. The molecule has 11 heavy (non-hydrogen) atoms. The minimum absolute atomic E-state index is 0.240. The molecule has 0 aliphatic carbocycles. The number of aliphatic imine (C=N–C) groups is 1. The van der Waals surface area contributed by atoms with Gasteiger partial charge in [-0.15, -0.1) is 0 Å². The molecule has 0 unspecified atom stereocenters. The van der Waals surface area contributed by atoms with Gasteiger partial charge in [-0.05, 0) is 19.4 Å². The lowest BCUT2D eigenvalue weighted by atomic mass is 10.1.